The molecule has 0 bridgehead atoms. The fourth-order valence-corrected chi connectivity index (χ4v) is 1.58. The van der Waals surface area contributed by atoms with E-state index in [2.05, 4.69) is 21.2 Å². The van der Waals surface area contributed by atoms with Crippen molar-refractivity contribution in [2.75, 3.05) is 6.54 Å². The molecule has 94 valence electrons. The Morgan fingerprint density at radius 3 is 2.71 bits per heavy atom. The van der Waals surface area contributed by atoms with E-state index < -0.39 is 6.04 Å². The molecule has 0 aliphatic rings. The summed E-state index contributed by atoms with van der Waals surface area (Å²) in [6.45, 7) is 3.97. The van der Waals surface area contributed by atoms with E-state index in [1.165, 1.54) is 0 Å². The van der Waals surface area contributed by atoms with Gasteiger partial charge in [-0.2, -0.15) is 0 Å². The van der Waals surface area contributed by atoms with Crippen LogP contribution in [-0.2, 0) is 4.79 Å². The summed E-state index contributed by atoms with van der Waals surface area (Å²) in [6, 6.07) is 7.09. The minimum atomic E-state index is -0.495. The van der Waals surface area contributed by atoms with Crippen LogP contribution in [0.1, 0.15) is 13.8 Å². The molecule has 0 radical (unpaired) electrons. The Balaban J connectivity index is 2.43. The number of nitrogens with one attached hydrogen (secondary N) is 1. The fourth-order valence-electron chi connectivity index (χ4n) is 1.20. The van der Waals surface area contributed by atoms with E-state index >= 15 is 0 Å². The second-order valence-corrected chi connectivity index (χ2v) is 4.75. The van der Waals surface area contributed by atoms with E-state index in [0.29, 0.717) is 6.54 Å². The number of amides is 1. The van der Waals surface area contributed by atoms with Gasteiger partial charge >= 0.3 is 0 Å². The number of halogens is 1. The lowest BCUT2D eigenvalue weighted by molar-refractivity contribution is -0.122. The summed E-state index contributed by atoms with van der Waals surface area (Å²) in [4.78, 5) is 11.3. The molecular formula is C12H17BrN2O2. The normalized spacial score (nSPS) is 13.9. The van der Waals surface area contributed by atoms with E-state index in [-0.39, 0.29) is 12.0 Å². The minimum Gasteiger partial charge on any atom is -0.488 e. The zero-order valence-corrected chi connectivity index (χ0v) is 11.5. The van der Waals surface area contributed by atoms with Gasteiger partial charge in [0.1, 0.15) is 11.9 Å². The van der Waals surface area contributed by atoms with Crippen LogP contribution in [0.15, 0.2) is 28.7 Å². The molecule has 3 N–H and O–H groups in total. The number of ether oxygens (including phenoxy) is 1. The summed E-state index contributed by atoms with van der Waals surface area (Å²) in [5.74, 6) is 0.586. The van der Waals surface area contributed by atoms with Crippen molar-refractivity contribution in [2.24, 2.45) is 5.73 Å². The number of nitrogens with two attached hydrogens (primary N) is 1. The lowest BCUT2D eigenvalue weighted by Gasteiger charge is -2.17. The van der Waals surface area contributed by atoms with Gasteiger partial charge in [-0.25, -0.2) is 0 Å². The zero-order valence-electron chi connectivity index (χ0n) is 9.94. The molecule has 0 spiro atoms. The van der Waals surface area contributed by atoms with E-state index in [4.69, 9.17) is 10.5 Å². The van der Waals surface area contributed by atoms with Crippen molar-refractivity contribution in [1.29, 1.82) is 0 Å². The number of carbonyl (C=O) groups is 1. The maximum atomic E-state index is 11.3. The third kappa shape index (κ3) is 4.75. The van der Waals surface area contributed by atoms with Gasteiger partial charge in [0, 0.05) is 0 Å². The van der Waals surface area contributed by atoms with Crippen molar-refractivity contribution in [3.05, 3.63) is 28.7 Å². The molecule has 0 saturated carbocycles. The Kier molecular flexibility index (Phi) is 5.44. The van der Waals surface area contributed by atoms with Gasteiger partial charge in [0.2, 0.25) is 5.91 Å². The minimum absolute atomic E-state index is 0.114. The quantitative estimate of drug-likeness (QED) is 0.869. The van der Waals surface area contributed by atoms with Crippen molar-refractivity contribution in [3.63, 3.8) is 0 Å². The molecule has 0 fully saturated rings. The zero-order chi connectivity index (χ0) is 12.8. The molecule has 0 saturated heterocycles. The smallest absolute Gasteiger partial charge is 0.236 e. The number of para-hydroxylation sites is 1. The Morgan fingerprint density at radius 1 is 1.47 bits per heavy atom. The maximum absolute atomic E-state index is 11.3. The maximum Gasteiger partial charge on any atom is 0.236 e. The van der Waals surface area contributed by atoms with Crippen LogP contribution in [0.5, 0.6) is 5.75 Å². The van der Waals surface area contributed by atoms with Crippen LogP contribution in [0.25, 0.3) is 0 Å². The van der Waals surface area contributed by atoms with Gasteiger partial charge in [-0.1, -0.05) is 12.1 Å². The van der Waals surface area contributed by atoms with Crippen LogP contribution >= 0.6 is 15.9 Å². The van der Waals surface area contributed by atoms with Gasteiger partial charge in [-0.05, 0) is 41.9 Å². The fraction of sp³-hybridized carbons (Fsp3) is 0.417. The molecule has 1 aromatic rings. The van der Waals surface area contributed by atoms with Crippen molar-refractivity contribution < 1.29 is 9.53 Å². The molecular weight excluding hydrogens is 284 g/mol. The van der Waals surface area contributed by atoms with Crippen LogP contribution in [-0.4, -0.2) is 24.6 Å². The summed E-state index contributed by atoms with van der Waals surface area (Å²) in [7, 11) is 0. The number of rotatable bonds is 5. The van der Waals surface area contributed by atoms with Crippen molar-refractivity contribution in [2.45, 2.75) is 26.0 Å². The van der Waals surface area contributed by atoms with Gasteiger partial charge in [-0.15, -0.1) is 0 Å². The Morgan fingerprint density at radius 2 is 2.12 bits per heavy atom. The lowest BCUT2D eigenvalue weighted by atomic mass is 10.3. The van der Waals surface area contributed by atoms with Crippen LogP contribution < -0.4 is 15.8 Å². The molecule has 17 heavy (non-hydrogen) atoms. The molecule has 0 aromatic heterocycles. The molecule has 0 heterocycles. The van der Waals surface area contributed by atoms with Gasteiger partial charge in [-0.3, -0.25) is 4.79 Å². The van der Waals surface area contributed by atoms with Gasteiger partial charge < -0.3 is 15.8 Å². The predicted octanol–water partition coefficient (Wildman–Crippen LogP) is 1.68. The highest BCUT2D eigenvalue weighted by atomic mass is 79.9. The summed E-state index contributed by atoms with van der Waals surface area (Å²) < 4.78 is 6.57. The molecule has 1 amide bonds. The first-order valence-corrected chi connectivity index (χ1v) is 6.24. The first-order chi connectivity index (χ1) is 8.00. The second-order valence-electron chi connectivity index (χ2n) is 3.89. The Bertz CT molecular complexity index is 383. The van der Waals surface area contributed by atoms with Crippen LogP contribution in [0.3, 0.4) is 0 Å². The van der Waals surface area contributed by atoms with E-state index in [1.54, 1.807) is 6.92 Å². The summed E-state index contributed by atoms with van der Waals surface area (Å²) in [5.41, 5.74) is 5.44. The standard InChI is InChI=1S/C12H17BrN2O2/c1-8(7-15-12(16)9(2)14)17-11-6-4-3-5-10(11)13/h3-6,8-9H,7,14H2,1-2H3,(H,15,16)/t8?,9-/m0/s1. The molecule has 1 rings (SSSR count). The van der Waals surface area contributed by atoms with Crippen molar-refractivity contribution >= 4 is 21.8 Å². The molecule has 5 heteroatoms. The van der Waals surface area contributed by atoms with Crippen LogP contribution in [0, 0.1) is 0 Å². The van der Waals surface area contributed by atoms with Gasteiger partial charge in [0.25, 0.3) is 0 Å². The molecule has 1 aromatic carbocycles. The summed E-state index contributed by atoms with van der Waals surface area (Å²) >= 11 is 3.40. The first-order valence-electron chi connectivity index (χ1n) is 5.45. The highest BCUT2D eigenvalue weighted by Crippen LogP contribution is 2.24. The van der Waals surface area contributed by atoms with Gasteiger partial charge in [0.05, 0.1) is 17.1 Å². The SMILES string of the molecule is CC(CNC(=O)[C@H](C)N)Oc1ccccc1Br. The third-order valence-electron chi connectivity index (χ3n) is 2.14. The number of hydrogen-bond acceptors (Lipinski definition) is 3. The van der Waals surface area contributed by atoms with Gasteiger partial charge in [0.15, 0.2) is 0 Å². The van der Waals surface area contributed by atoms with Crippen LogP contribution in [0.2, 0.25) is 0 Å². The van der Waals surface area contributed by atoms with E-state index in [0.717, 1.165) is 10.2 Å². The topological polar surface area (TPSA) is 64.4 Å². The van der Waals surface area contributed by atoms with E-state index in [9.17, 15) is 4.79 Å². The third-order valence-corrected chi connectivity index (χ3v) is 2.80. The lowest BCUT2D eigenvalue weighted by Crippen LogP contribution is -2.42. The number of carbonyl (C=O) groups excluding carboxylic acids is 1. The number of benzene rings is 1. The van der Waals surface area contributed by atoms with E-state index in [1.807, 2.05) is 31.2 Å². The average molecular weight is 301 g/mol. The van der Waals surface area contributed by atoms with Crippen molar-refractivity contribution in [1.82, 2.24) is 5.32 Å². The second kappa shape index (κ2) is 6.61. The monoisotopic (exact) mass is 300 g/mol. The van der Waals surface area contributed by atoms with Crippen LogP contribution in [0.4, 0.5) is 0 Å². The summed E-state index contributed by atoms with van der Waals surface area (Å²) in [5, 5.41) is 2.72. The predicted molar refractivity (Wildman–Crippen MR) is 70.9 cm³/mol. The number of hydrogen-bond donors (Lipinski definition) is 2. The first kappa shape index (κ1) is 14.0. The molecule has 4 nitrogen and oxygen atoms in total. The highest BCUT2D eigenvalue weighted by molar-refractivity contribution is 9.10. The summed E-state index contributed by atoms with van der Waals surface area (Å²) in [6.07, 6.45) is -0.114. The molecule has 1 unspecified atom stereocenters. The van der Waals surface area contributed by atoms with Crippen molar-refractivity contribution in [3.8, 4) is 5.75 Å². The molecule has 0 aliphatic carbocycles. The highest BCUT2D eigenvalue weighted by Gasteiger charge is 2.10. The Labute approximate surface area is 110 Å². The average Bonchev–Trinajstić information content (AvgIpc) is 2.29. The largest absolute Gasteiger partial charge is 0.488 e. The Hall–Kier alpha value is -1.07. The molecule has 2 atom stereocenters. The molecule has 0 aliphatic heterocycles.